The molecule has 1 heterocycles. The van der Waals surface area contributed by atoms with Gasteiger partial charge in [0.05, 0.1) is 6.61 Å². The first kappa shape index (κ1) is 9.74. The Hall–Kier alpha value is -0.800. The number of nitrogens with zero attached hydrogens (tertiary/aromatic N) is 1. The van der Waals surface area contributed by atoms with Crippen molar-refractivity contribution in [2.45, 2.75) is 19.4 Å². The molecule has 1 fully saturated rings. The van der Waals surface area contributed by atoms with Gasteiger partial charge in [0.25, 0.3) is 0 Å². The fourth-order valence-corrected chi connectivity index (χ4v) is 1.48. The normalized spacial score (nSPS) is 15.6. The van der Waals surface area contributed by atoms with Gasteiger partial charge < -0.3 is 10.4 Å². The molecule has 0 aliphatic heterocycles. The summed E-state index contributed by atoms with van der Waals surface area (Å²) in [5.74, 6) is 0.800. The fourth-order valence-electron chi connectivity index (χ4n) is 1.33. The lowest BCUT2D eigenvalue weighted by Crippen LogP contribution is -2.06. The van der Waals surface area contributed by atoms with Crippen molar-refractivity contribution in [3.8, 4) is 0 Å². The second-order valence-electron chi connectivity index (χ2n) is 3.65. The highest BCUT2D eigenvalue weighted by Crippen LogP contribution is 2.29. The Labute approximate surface area is 88.1 Å². The SMILES string of the molecule is OCc1cnc(Cl)cc1NCC1CC1. The number of nitrogens with one attached hydrogen (secondary N) is 1. The maximum atomic E-state index is 9.07. The van der Waals surface area contributed by atoms with Gasteiger partial charge in [-0.1, -0.05) is 11.6 Å². The predicted octanol–water partition coefficient (Wildman–Crippen LogP) is 2.05. The lowest BCUT2D eigenvalue weighted by Gasteiger charge is -2.09. The summed E-state index contributed by atoms with van der Waals surface area (Å²) in [6.07, 6.45) is 4.22. The zero-order chi connectivity index (χ0) is 9.97. The first-order chi connectivity index (χ1) is 6.79. The number of aromatic nitrogens is 1. The average molecular weight is 213 g/mol. The standard InChI is InChI=1S/C10H13ClN2O/c11-10-3-9(8(6-14)5-13-10)12-4-7-1-2-7/h3,5,7,14H,1-2,4,6H2,(H,12,13). The molecule has 0 radical (unpaired) electrons. The Morgan fingerprint density at radius 2 is 2.36 bits per heavy atom. The quantitative estimate of drug-likeness (QED) is 0.751. The topological polar surface area (TPSA) is 45.2 Å². The molecule has 0 amide bonds. The van der Waals surface area contributed by atoms with Gasteiger partial charge in [0.15, 0.2) is 0 Å². The smallest absolute Gasteiger partial charge is 0.131 e. The van der Waals surface area contributed by atoms with Crippen LogP contribution in [0.5, 0.6) is 0 Å². The Kier molecular flexibility index (Phi) is 2.89. The minimum absolute atomic E-state index is 0.00281. The molecule has 0 aromatic carbocycles. The van der Waals surface area contributed by atoms with Crippen LogP contribution in [0.1, 0.15) is 18.4 Å². The van der Waals surface area contributed by atoms with Crippen molar-refractivity contribution in [2.24, 2.45) is 5.92 Å². The summed E-state index contributed by atoms with van der Waals surface area (Å²) in [7, 11) is 0. The lowest BCUT2D eigenvalue weighted by molar-refractivity contribution is 0.282. The highest BCUT2D eigenvalue weighted by atomic mass is 35.5. The van der Waals surface area contributed by atoms with E-state index in [4.69, 9.17) is 16.7 Å². The highest BCUT2D eigenvalue weighted by Gasteiger charge is 2.20. The fraction of sp³-hybridized carbons (Fsp3) is 0.500. The van der Waals surface area contributed by atoms with E-state index in [1.54, 1.807) is 12.3 Å². The van der Waals surface area contributed by atoms with Crippen LogP contribution >= 0.6 is 11.6 Å². The molecule has 0 spiro atoms. The zero-order valence-corrected chi connectivity index (χ0v) is 8.59. The molecular weight excluding hydrogens is 200 g/mol. The van der Waals surface area contributed by atoms with Crippen molar-refractivity contribution >= 4 is 17.3 Å². The number of hydrogen-bond acceptors (Lipinski definition) is 3. The Morgan fingerprint density at radius 1 is 1.57 bits per heavy atom. The summed E-state index contributed by atoms with van der Waals surface area (Å²) in [6, 6.07) is 1.76. The van der Waals surface area contributed by atoms with Gasteiger partial charge in [-0.3, -0.25) is 0 Å². The molecule has 3 nitrogen and oxygen atoms in total. The Bertz CT molecular complexity index is 326. The van der Waals surface area contributed by atoms with Crippen molar-refractivity contribution in [1.29, 1.82) is 0 Å². The van der Waals surface area contributed by atoms with Gasteiger partial charge >= 0.3 is 0 Å². The van der Waals surface area contributed by atoms with Gasteiger partial charge in [-0.2, -0.15) is 0 Å². The van der Waals surface area contributed by atoms with Gasteiger partial charge in [-0.05, 0) is 24.8 Å². The van der Waals surface area contributed by atoms with E-state index in [2.05, 4.69) is 10.3 Å². The van der Waals surface area contributed by atoms with Crippen LogP contribution in [0.25, 0.3) is 0 Å². The predicted molar refractivity (Wildman–Crippen MR) is 56.4 cm³/mol. The first-order valence-electron chi connectivity index (χ1n) is 4.78. The Morgan fingerprint density at radius 3 is 3.00 bits per heavy atom. The second kappa shape index (κ2) is 4.15. The van der Waals surface area contributed by atoms with Crippen LogP contribution in [-0.4, -0.2) is 16.6 Å². The average Bonchev–Trinajstić information content (AvgIpc) is 2.98. The zero-order valence-electron chi connectivity index (χ0n) is 7.83. The maximum Gasteiger partial charge on any atom is 0.131 e. The largest absolute Gasteiger partial charge is 0.392 e. The molecule has 76 valence electrons. The van der Waals surface area contributed by atoms with Crippen molar-refractivity contribution in [3.63, 3.8) is 0 Å². The van der Waals surface area contributed by atoms with E-state index in [0.29, 0.717) is 5.15 Å². The third-order valence-corrected chi connectivity index (χ3v) is 2.61. The van der Waals surface area contributed by atoms with Crippen molar-refractivity contribution in [2.75, 3.05) is 11.9 Å². The second-order valence-corrected chi connectivity index (χ2v) is 4.03. The number of hydrogen-bond donors (Lipinski definition) is 2. The summed E-state index contributed by atoms with van der Waals surface area (Å²) in [5, 5.41) is 12.8. The van der Waals surface area contributed by atoms with E-state index >= 15 is 0 Å². The number of anilines is 1. The van der Waals surface area contributed by atoms with Gasteiger partial charge in [0.1, 0.15) is 5.15 Å². The molecule has 0 unspecified atom stereocenters. The molecule has 14 heavy (non-hydrogen) atoms. The minimum atomic E-state index is -0.00281. The van der Waals surface area contributed by atoms with Crippen molar-refractivity contribution < 1.29 is 5.11 Å². The van der Waals surface area contributed by atoms with Crippen LogP contribution < -0.4 is 5.32 Å². The van der Waals surface area contributed by atoms with Crippen molar-refractivity contribution in [1.82, 2.24) is 4.98 Å². The Balaban J connectivity index is 2.07. The molecule has 2 rings (SSSR count). The summed E-state index contributed by atoms with van der Waals surface area (Å²) in [6.45, 7) is 0.963. The molecule has 0 bridgehead atoms. The van der Waals surface area contributed by atoms with Gasteiger partial charge in [0, 0.05) is 24.0 Å². The van der Waals surface area contributed by atoms with Gasteiger partial charge in [-0.15, -0.1) is 0 Å². The summed E-state index contributed by atoms with van der Waals surface area (Å²) in [5.41, 5.74) is 1.70. The number of pyridine rings is 1. The van der Waals surface area contributed by atoms with Gasteiger partial charge in [0.2, 0.25) is 0 Å². The molecule has 1 saturated carbocycles. The summed E-state index contributed by atoms with van der Waals surface area (Å²) in [4.78, 5) is 3.92. The maximum absolute atomic E-state index is 9.07. The van der Waals surface area contributed by atoms with E-state index in [1.807, 2.05) is 0 Å². The molecule has 1 aromatic heterocycles. The van der Waals surface area contributed by atoms with Crippen LogP contribution in [0.2, 0.25) is 5.15 Å². The molecule has 4 heteroatoms. The van der Waals surface area contributed by atoms with Crippen LogP contribution in [0, 0.1) is 5.92 Å². The number of aliphatic hydroxyl groups is 1. The third-order valence-electron chi connectivity index (χ3n) is 2.40. The van der Waals surface area contributed by atoms with Crippen LogP contribution in [-0.2, 0) is 6.61 Å². The molecule has 2 N–H and O–H groups in total. The van der Waals surface area contributed by atoms with E-state index in [-0.39, 0.29) is 6.61 Å². The monoisotopic (exact) mass is 212 g/mol. The molecule has 0 saturated heterocycles. The summed E-state index contributed by atoms with van der Waals surface area (Å²) < 4.78 is 0. The molecule has 1 aromatic rings. The minimum Gasteiger partial charge on any atom is -0.392 e. The first-order valence-corrected chi connectivity index (χ1v) is 5.16. The van der Waals surface area contributed by atoms with E-state index in [0.717, 1.165) is 23.7 Å². The number of aliphatic hydroxyl groups excluding tert-OH is 1. The van der Waals surface area contributed by atoms with Crippen molar-refractivity contribution in [3.05, 3.63) is 23.0 Å². The van der Waals surface area contributed by atoms with Crippen LogP contribution in [0.4, 0.5) is 5.69 Å². The molecule has 1 aliphatic carbocycles. The molecule has 1 aliphatic rings. The van der Waals surface area contributed by atoms with Crippen LogP contribution in [0.3, 0.4) is 0 Å². The number of rotatable bonds is 4. The van der Waals surface area contributed by atoms with Gasteiger partial charge in [-0.25, -0.2) is 4.98 Å². The number of halogens is 1. The van der Waals surface area contributed by atoms with E-state index in [1.165, 1.54) is 12.8 Å². The molecular formula is C10H13ClN2O. The summed E-state index contributed by atoms with van der Waals surface area (Å²) >= 11 is 5.77. The van der Waals surface area contributed by atoms with Crippen LogP contribution in [0.15, 0.2) is 12.3 Å². The highest BCUT2D eigenvalue weighted by molar-refractivity contribution is 6.29. The third kappa shape index (κ3) is 2.36. The van der Waals surface area contributed by atoms with E-state index < -0.39 is 0 Å². The molecule has 0 atom stereocenters. The lowest BCUT2D eigenvalue weighted by atomic mass is 10.2. The van der Waals surface area contributed by atoms with E-state index in [9.17, 15) is 0 Å².